The molecule has 0 amide bonds. The van der Waals surface area contributed by atoms with Crippen molar-refractivity contribution in [2.75, 3.05) is 6.61 Å². The van der Waals surface area contributed by atoms with E-state index in [9.17, 15) is 65.4 Å². The smallest absolute Gasteiger partial charge is 0.348 e. The van der Waals surface area contributed by atoms with Gasteiger partial charge in [0, 0.05) is 25.0 Å². The molecule has 2 aromatic carbocycles. The van der Waals surface area contributed by atoms with Crippen molar-refractivity contribution in [3.8, 4) is 23.0 Å². The largest absolute Gasteiger partial charge is 0.504 e. The number of carbonyl (C=O) groups is 3. The summed E-state index contributed by atoms with van der Waals surface area (Å²) in [6.45, 7) is -0.687. The second-order valence-corrected chi connectivity index (χ2v) is 11.1. The van der Waals surface area contributed by atoms with Crippen LogP contribution in [-0.4, -0.2) is 130 Å². The predicted octanol–water partition coefficient (Wildman–Crippen LogP) is -1.50. The molecule has 1 saturated heterocycles. The summed E-state index contributed by atoms with van der Waals surface area (Å²) in [5, 5.41) is 99.6. The van der Waals surface area contributed by atoms with Crippen LogP contribution in [0.15, 0.2) is 48.6 Å². The number of carboxylic acids is 1. The number of aromatic hydroxyl groups is 3. The fourth-order valence-corrected chi connectivity index (χ4v) is 5.11. The molecular formula is C31H34O17. The van der Waals surface area contributed by atoms with Gasteiger partial charge in [-0.1, -0.05) is 12.1 Å². The van der Waals surface area contributed by atoms with E-state index < -0.39 is 109 Å². The zero-order chi connectivity index (χ0) is 35.3. The molecule has 2 aromatic rings. The Kier molecular flexibility index (Phi) is 11.3. The number of aliphatic hydroxyl groups is 6. The lowest BCUT2D eigenvalue weighted by atomic mass is 9.79. The molecule has 4 rings (SSSR count). The average molecular weight is 679 g/mol. The summed E-state index contributed by atoms with van der Waals surface area (Å²) in [4.78, 5) is 37.0. The molecule has 260 valence electrons. The Bertz CT molecular complexity index is 1540. The van der Waals surface area contributed by atoms with E-state index in [0.29, 0.717) is 0 Å². The first kappa shape index (κ1) is 36.1. The Balaban J connectivity index is 1.35. The Morgan fingerprint density at radius 3 is 1.94 bits per heavy atom. The summed E-state index contributed by atoms with van der Waals surface area (Å²) in [5.41, 5.74) is -1.89. The maximum Gasteiger partial charge on any atom is 0.348 e. The Morgan fingerprint density at radius 2 is 1.38 bits per heavy atom. The fraction of sp³-hybridized carbons (Fsp3) is 0.387. The normalized spacial score (nSPS) is 30.6. The number of aliphatic hydroxyl groups excluding tert-OH is 6. The van der Waals surface area contributed by atoms with Gasteiger partial charge in [0.1, 0.15) is 24.4 Å². The minimum atomic E-state index is -2.38. The van der Waals surface area contributed by atoms with Crippen molar-refractivity contribution < 1.29 is 84.4 Å². The first-order chi connectivity index (χ1) is 22.6. The van der Waals surface area contributed by atoms with E-state index in [2.05, 4.69) is 0 Å². The van der Waals surface area contributed by atoms with Crippen LogP contribution in [0, 0.1) is 0 Å². The number of hydrogen-bond donors (Lipinski definition) is 10. The van der Waals surface area contributed by atoms with Crippen LogP contribution in [0.25, 0.3) is 12.2 Å². The van der Waals surface area contributed by atoms with Gasteiger partial charge in [-0.15, -0.1) is 0 Å². The minimum Gasteiger partial charge on any atom is -0.504 e. The standard InChI is InChI=1S/C31H34O17/c32-13-22-25(40)26(41)27(42)29(46-22)45-21-6-2-15(10-18(21)35)3-7-23(38)47-28-19(36)11-31(30(43)44,12-20(28)37)48-24(39)8-4-14-1-5-16(33)17(34)9-14/h1-10,19-20,22,25-29,32-37,40-42H,11-13H2,(H,43,44)/b7-3+,8-4+/t19-,20-,22-,25-,26+,27-,28?,29-,31?/m1/s1. The number of ether oxygens (including phenoxy) is 4. The quantitative estimate of drug-likeness (QED) is 0.0777. The van der Waals surface area contributed by atoms with Crippen molar-refractivity contribution in [3.63, 3.8) is 0 Å². The Labute approximate surface area is 271 Å². The number of aliphatic carboxylic acids is 1. The summed E-state index contributed by atoms with van der Waals surface area (Å²) in [6.07, 6.45) is -10.4. The van der Waals surface area contributed by atoms with Crippen LogP contribution >= 0.6 is 0 Å². The van der Waals surface area contributed by atoms with E-state index in [-0.39, 0.29) is 16.9 Å². The van der Waals surface area contributed by atoms with Crippen LogP contribution in [0.1, 0.15) is 24.0 Å². The fourth-order valence-electron chi connectivity index (χ4n) is 5.11. The molecule has 10 N–H and O–H groups in total. The van der Waals surface area contributed by atoms with Crippen molar-refractivity contribution in [3.05, 3.63) is 59.7 Å². The molecule has 2 fully saturated rings. The third-order valence-electron chi connectivity index (χ3n) is 7.67. The highest BCUT2D eigenvalue weighted by molar-refractivity contribution is 5.91. The third-order valence-corrected chi connectivity index (χ3v) is 7.67. The van der Waals surface area contributed by atoms with Gasteiger partial charge >= 0.3 is 17.9 Å². The van der Waals surface area contributed by atoms with Gasteiger partial charge in [-0.05, 0) is 47.5 Å². The van der Waals surface area contributed by atoms with Crippen LogP contribution in [0.2, 0.25) is 0 Å². The molecule has 17 heteroatoms. The van der Waals surface area contributed by atoms with Crippen LogP contribution in [0.3, 0.4) is 0 Å². The van der Waals surface area contributed by atoms with Crippen LogP contribution in [0.5, 0.6) is 23.0 Å². The molecule has 1 saturated carbocycles. The van der Waals surface area contributed by atoms with E-state index in [1.807, 2.05) is 0 Å². The summed E-state index contributed by atoms with van der Waals surface area (Å²) in [5.74, 6) is -5.46. The molecular weight excluding hydrogens is 644 g/mol. The maximum absolute atomic E-state index is 12.5. The maximum atomic E-state index is 12.5. The number of carbonyl (C=O) groups excluding carboxylic acids is 2. The average Bonchev–Trinajstić information content (AvgIpc) is 3.03. The lowest BCUT2D eigenvalue weighted by molar-refractivity contribution is -0.277. The Morgan fingerprint density at radius 1 is 0.792 bits per heavy atom. The van der Waals surface area contributed by atoms with Gasteiger partial charge < -0.3 is 70.0 Å². The number of carboxylic acid groups (broad SMARTS) is 1. The number of hydrogen-bond acceptors (Lipinski definition) is 16. The molecule has 17 nitrogen and oxygen atoms in total. The number of benzene rings is 2. The molecule has 0 unspecified atom stereocenters. The second-order valence-electron chi connectivity index (χ2n) is 11.1. The van der Waals surface area contributed by atoms with Crippen molar-refractivity contribution in [2.45, 2.75) is 67.5 Å². The van der Waals surface area contributed by atoms with Gasteiger partial charge in [-0.2, -0.15) is 0 Å². The number of esters is 2. The lowest BCUT2D eigenvalue weighted by Gasteiger charge is -2.41. The SMILES string of the molecule is O=C(/C=C/c1ccc(O[C@@H]2O[C@H](CO)[C@@H](O)[C@H](O)[C@H]2O)c(O)c1)OC1[C@H](O)CC(OC(=O)/C=C/c2ccc(O)c(O)c2)(C(=O)O)C[C@H]1O. The van der Waals surface area contributed by atoms with Gasteiger partial charge in [0.2, 0.25) is 11.9 Å². The molecule has 0 radical (unpaired) electrons. The van der Waals surface area contributed by atoms with E-state index in [1.54, 1.807) is 0 Å². The van der Waals surface area contributed by atoms with Gasteiger partial charge in [0.05, 0.1) is 18.8 Å². The molecule has 2 aliphatic rings. The number of phenolic OH excluding ortho intramolecular Hbond substituents is 3. The number of phenols is 3. The highest BCUT2D eigenvalue weighted by atomic mass is 16.7. The summed E-state index contributed by atoms with van der Waals surface area (Å²) in [7, 11) is 0. The first-order valence-corrected chi connectivity index (χ1v) is 14.4. The van der Waals surface area contributed by atoms with Crippen molar-refractivity contribution >= 4 is 30.1 Å². The Hall–Kier alpha value is -4.75. The summed E-state index contributed by atoms with van der Waals surface area (Å²) >= 11 is 0. The molecule has 1 aliphatic carbocycles. The lowest BCUT2D eigenvalue weighted by Crippen LogP contribution is -2.60. The highest BCUT2D eigenvalue weighted by Gasteiger charge is 2.54. The van der Waals surface area contributed by atoms with Gasteiger partial charge in [0.15, 0.2) is 29.1 Å². The molecule has 0 aromatic heterocycles. The summed E-state index contributed by atoms with van der Waals surface area (Å²) < 4.78 is 20.9. The third kappa shape index (κ3) is 8.20. The van der Waals surface area contributed by atoms with Crippen LogP contribution < -0.4 is 4.74 Å². The van der Waals surface area contributed by atoms with Gasteiger partial charge in [0.25, 0.3) is 0 Å². The van der Waals surface area contributed by atoms with E-state index >= 15 is 0 Å². The van der Waals surface area contributed by atoms with E-state index in [0.717, 1.165) is 30.4 Å². The van der Waals surface area contributed by atoms with Crippen LogP contribution in [0.4, 0.5) is 0 Å². The zero-order valence-electron chi connectivity index (χ0n) is 24.8. The van der Waals surface area contributed by atoms with Crippen molar-refractivity contribution in [1.82, 2.24) is 0 Å². The molecule has 1 heterocycles. The van der Waals surface area contributed by atoms with E-state index in [4.69, 9.17) is 18.9 Å². The molecule has 7 atom stereocenters. The van der Waals surface area contributed by atoms with E-state index in [1.165, 1.54) is 30.4 Å². The highest BCUT2D eigenvalue weighted by Crippen LogP contribution is 2.35. The topological polar surface area (TPSA) is 290 Å². The molecule has 1 aliphatic heterocycles. The minimum absolute atomic E-state index is 0.217. The van der Waals surface area contributed by atoms with Crippen molar-refractivity contribution in [2.24, 2.45) is 0 Å². The second kappa shape index (κ2) is 15.0. The summed E-state index contributed by atoms with van der Waals surface area (Å²) in [6, 6.07) is 7.38. The molecule has 48 heavy (non-hydrogen) atoms. The van der Waals surface area contributed by atoms with Crippen molar-refractivity contribution in [1.29, 1.82) is 0 Å². The zero-order valence-corrected chi connectivity index (χ0v) is 24.8. The number of rotatable bonds is 10. The van der Waals surface area contributed by atoms with Gasteiger partial charge in [-0.3, -0.25) is 0 Å². The predicted molar refractivity (Wildman–Crippen MR) is 158 cm³/mol. The van der Waals surface area contributed by atoms with Gasteiger partial charge in [-0.25, -0.2) is 14.4 Å². The van der Waals surface area contributed by atoms with Crippen LogP contribution in [-0.2, 0) is 28.6 Å². The molecule has 0 spiro atoms. The molecule has 0 bridgehead atoms. The monoisotopic (exact) mass is 678 g/mol. The first-order valence-electron chi connectivity index (χ1n) is 14.4.